The quantitative estimate of drug-likeness (QED) is 0.424. The highest BCUT2D eigenvalue weighted by molar-refractivity contribution is 14.2. The van der Waals surface area contributed by atoms with E-state index in [0.717, 1.165) is 17.4 Å². The van der Waals surface area contributed by atoms with Gasteiger partial charge in [0.2, 0.25) is 0 Å². The van der Waals surface area contributed by atoms with Gasteiger partial charge in [0.15, 0.2) is 0 Å². The van der Waals surface area contributed by atoms with Crippen molar-refractivity contribution in [2.45, 2.75) is 52.2 Å². The summed E-state index contributed by atoms with van der Waals surface area (Å²) in [5.41, 5.74) is 2.73. The molecule has 0 saturated carbocycles. The number of halogens is 1. The van der Waals surface area contributed by atoms with Gasteiger partial charge in [0.25, 0.3) is 0 Å². The van der Waals surface area contributed by atoms with Crippen molar-refractivity contribution in [2.24, 2.45) is 0 Å². The van der Waals surface area contributed by atoms with Crippen molar-refractivity contribution < 1.29 is 9.31 Å². The maximum atomic E-state index is 6.19. The van der Waals surface area contributed by atoms with E-state index in [2.05, 4.69) is 79.3 Å². The Labute approximate surface area is 146 Å². The third-order valence-electron chi connectivity index (χ3n) is 4.75. The Morgan fingerprint density at radius 2 is 1.86 bits per heavy atom. The lowest BCUT2D eigenvalue weighted by molar-refractivity contribution is 0.00578. The van der Waals surface area contributed by atoms with Crippen molar-refractivity contribution in [1.82, 2.24) is 9.55 Å². The lowest BCUT2D eigenvalue weighted by atomic mass is 9.82. The molecule has 2 aromatic rings. The van der Waals surface area contributed by atoms with Gasteiger partial charge < -0.3 is 9.31 Å². The second-order valence-corrected chi connectivity index (χ2v) is 8.68. The number of nitrogens with zero attached hydrogens (tertiary/aromatic N) is 2. The van der Waals surface area contributed by atoms with E-state index in [4.69, 9.17) is 14.4 Å². The molecule has 2 heterocycles. The first-order valence-electron chi connectivity index (χ1n) is 7.53. The molecule has 1 aliphatic rings. The van der Waals surface area contributed by atoms with Crippen molar-refractivity contribution in [1.29, 1.82) is 0 Å². The fourth-order valence-electron chi connectivity index (χ4n) is 2.74. The van der Waals surface area contributed by atoms with Crippen LogP contribution in [0.3, 0.4) is 0 Å². The molecule has 1 atom stereocenters. The summed E-state index contributed by atoms with van der Waals surface area (Å²) in [5.74, 6) is 0. The predicted molar refractivity (Wildman–Crippen MR) is 103 cm³/mol. The van der Waals surface area contributed by atoms with Crippen LogP contribution in [0, 0.1) is 0 Å². The molecule has 0 spiro atoms. The summed E-state index contributed by atoms with van der Waals surface area (Å²) in [4.78, 5) is 0. The van der Waals surface area contributed by atoms with Gasteiger partial charge in [0.1, 0.15) is 5.59 Å². The van der Waals surface area contributed by atoms with Gasteiger partial charge in [0.05, 0.1) is 23.1 Å². The van der Waals surface area contributed by atoms with E-state index in [-0.39, 0.29) is 11.2 Å². The van der Waals surface area contributed by atoms with Crippen LogP contribution in [-0.2, 0) is 15.7 Å². The minimum atomic E-state index is -0.409. The molecule has 1 aliphatic heterocycles. The topological polar surface area (TPSA) is 36.3 Å². The molecule has 22 heavy (non-hydrogen) atoms. The second-order valence-electron chi connectivity index (χ2n) is 6.64. The Balaban J connectivity index is 2.14. The van der Waals surface area contributed by atoms with E-state index in [1.54, 1.807) is 0 Å². The molecule has 0 radical (unpaired) electrons. The normalized spacial score (nSPS) is 20.5. The Kier molecular flexibility index (Phi) is 4.34. The third kappa shape index (κ3) is 2.52. The number of hydrogen-bond donors (Lipinski definition) is 0. The van der Waals surface area contributed by atoms with Crippen LogP contribution in [-0.4, -0.2) is 27.9 Å². The van der Waals surface area contributed by atoms with Crippen LogP contribution >= 0.6 is 28.4 Å². The van der Waals surface area contributed by atoms with Crippen molar-refractivity contribution in [3.63, 3.8) is 0 Å². The van der Waals surface area contributed by atoms with Gasteiger partial charge in [-0.1, -0.05) is 25.1 Å². The number of aryl methyl sites for hydroxylation is 1. The van der Waals surface area contributed by atoms with Gasteiger partial charge in [-0.05, 0) is 61.7 Å². The number of para-hydroxylation sites is 1. The van der Waals surface area contributed by atoms with Gasteiger partial charge in [-0.3, -0.25) is 0 Å². The molecule has 0 amide bonds. The zero-order chi connectivity index (χ0) is 16.1. The van der Waals surface area contributed by atoms with Gasteiger partial charge in [0, 0.05) is 5.39 Å². The molecule has 1 unspecified atom stereocenters. The summed E-state index contributed by atoms with van der Waals surface area (Å²) in [6.07, 6.45) is 1.55. The number of fused-ring (bicyclic) bond motifs is 1. The molecule has 4 nitrogen and oxygen atoms in total. The van der Waals surface area contributed by atoms with Crippen LogP contribution in [0.4, 0.5) is 0 Å². The van der Waals surface area contributed by atoms with Crippen molar-refractivity contribution in [3.05, 3.63) is 23.8 Å². The Bertz CT molecular complexity index is 701. The fraction of sp³-hybridized carbons (Fsp3) is 0.533. The van der Waals surface area contributed by atoms with Gasteiger partial charge in [-0.2, -0.15) is 5.10 Å². The van der Waals surface area contributed by atoms with Gasteiger partial charge >= 0.3 is 7.12 Å². The molecular weight excluding hydrogens is 409 g/mol. The van der Waals surface area contributed by atoms with E-state index in [0.29, 0.717) is 6.37 Å². The maximum Gasteiger partial charge on any atom is 0.517 e. The van der Waals surface area contributed by atoms with E-state index in [9.17, 15) is 0 Å². The minimum Gasteiger partial charge on any atom is -0.398 e. The van der Waals surface area contributed by atoms with Crippen molar-refractivity contribution in [3.8, 4) is 0 Å². The SMILES string of the molecule is CCc1cccc2c(B3OC(C)(C)C(C)(C)O3)nn(PI)c12. The third-order valence-corrected chi connectivity index (χ3v) is 6.61. The lowest BCUT2D eigenvalue weighted by Crippen LogP contribution is -2.41. The van der Waals surface area contributed by atoms with Crippen LogP contribution in [0.25, 0.3) is 10.9 Å². The summed E-state index contributed by atoms with van der Waals surface area (Å²) in [5, 5.41) is 5.94. The summed E-state index contributed by atoms with van der Waals surface area (Å²) >= 11 is 2.37. The Morgan fingerprint density at radius 1 is 1.23 bits per heavy atom. The highest BCUT2D eigenvalue weighted by Crippen LogP contribution is 2.38. The van der Waals surface area contributed by atoms with Gasteiger partial charge in [-0.25, -0.2) is 4.45 Å². The molecule has 118 valence electrons. The van der Waals surface area contributed by atoms with E-state index < -0.39 is 7.12 Å². The molecule has 1 aromatic heterocycles. The van der Waals surface area contributed by atoms with Crippen molar-refractivity contribution in [2.75, 3.05) is 0 Å². The molecule has 0 aliphatic carbocycles. The predicted octanol–water partition coefficient (Wildman–Crippen LogP) is 3.69. The highest BCUT2D eigenvalue weighted by Gasteiger charge is 2.53. The number of aromatic nitrogens is 2. The smallest absolute Gasteiger partial charge is 0.398 e. The first kappa shape index (κ1) is 16.7. The summed E-state index contributed by atoms with van der Waals surface area (Å²) in [6.45, 7) is 10.5. The van der Waals surface area contributed by atoms with Crippen LogP contribution in [0.15, 0.2) is 18.2 Å². The van der Waals surface area contributed by atoms with Crippen LogP contribution in [0.1, 0.15) is 40.2 Å². The average molecular weight is 430 g/mol. The molecule has 1 fully saturated rings. The fourth-order valence-corrected chi connectivity index (χ4v) is 4.28. The zero-order valence-corrected chi connectivity index (χ0v) is 16.8. The zero-order valence-electron chi connectivity index (χ0n) is 13.6. The largest absolute Gasteiger partial charge is 0.517 e. The monoisotopic (exact) mass is 430 g/mol. The standard InChI is InChI=1S/C15H21BIN2O2P/c1-6-10-8-7-9-11-12(10)19(22-17)18-13(11)16-20-14(2,3)15(4,5)21-16/h7-9,22H,6H2,1-5H3. The van der Waals surface area contributed by atoms with E-state index in [1.165, 1.54) is 11.1 Å². The first-order valence-corrected chi connectivity index (χ1v) is 11.6. The summed E-state index contributed by atoms with van der Waals surface area (Å²) in [6, 6.07) is 6.39. The highest BCUT2D eigenvalue weighted by atomic mass is 127. The van der Waals surface area contributed by atoms with Crippen LogP contribution < -0.4 is 5.59 Å². The molecule has 0 bridgehead atoms. The molecule has 0 N–H and O–H groups in total. The molecular formula is C15H21BIN2O2P. The van der Waals surface area contributed by atoms with Crippen LogP contribution in [0.5, 0.6) is 0 Å². The molecule has 7 heteroatoms. The van der Waals surface area contributed by atoms with Crippen LogP contribution in [0.2, 0.25) is 0 Å². The van der Waals surface area contributed by atoms with E-state index in [1.807, 2.05) is 0 Å². The number of rotatable bonds is 3. The summed E-state index contributed by atoms with van der Waals surface area (Å²) in [7, 11) is -0.409. The van der Waals surface area contributed by atoms with E-state index >= 15 is 0 Å². The minimum absolute atomic E-state index is 0.344. The number of hydrogen-bond acceptors (Lipinski definition) is 3. The Hall–Kier alpha value is -0.165. The van der Waals surface area contributed by atoms with Gasteiger partial charge in [-0.15, -0.1) is 0 Å². The second kappa shape index (κ2) is 5.73. The molecule has 1 aromatic carbocycles. The number of benzene rings is 1. The lowest BCUT2D eigenvalue weighted by Gasteiger charge is -2.32. The Morgan fingerprint density at radius 3 is 2.41 bits per heavy atom. The molecule has 1 saturated heterocycles. The summed E-state index contributed by atoms with van der Waals surface area (Å²) < 4.78 is 14.5. The maximum absolute atomic E-state index is 6.19. The average Bonchev–Trinajstić information content (AvgIpc) is 2.93. The van der Waals surface area contributed by atoms with Crippen molar-refractivity contribution >= 4 is 52.0 Å². The molecule has 3 rings (SSSR count). The first-order chi connectivity index (χ1) is 10.3.